The van der Waals surface area contributed by atoms with Crippen molar-refractivity contribution in [3.8, 4) is 23.0 Å². The molecular formula is C20H18N4O2. The molecule has 26 heavy (non-hydrogen) atoms. The van der Waals surface area contributed by atoms with E-state index in [-0.39, 0.29) is 11.7 Å². The number of nitrogens with one attached hydrogen (secondary N) is 2. The van der Waals surface area contributed by atoms with Crippen molar-refractivity contribution in [1.29, 1.82) is 10.8 Å². The van der Waals surface area contributed by atoms with E-state index in [2.05, 4.69) is 0 Å². The SMILES string of the molecule is N=C(N)c1cccc(Oc2cccc(Oc3cccc(C(=N)N)c3)c2)c1. The summed E-state index contributed by atoms with van der Waals surface area (Å²) in [7, 11) is 0. The Hall–Kier alpha value is -3.80. The second-order valence-corrected chi connectivity index (χ2v) is 5.56. The van der Waals surface area contributed by atoms with Gasteiger partial charge in [-0.05, 0) is 36.4 Å². The van der Waals surface area contributed by atoms with Crippen LogP contribution in [-0.4, -0.2) is 11.7 Å². The van der Waals surface area contributed by atoms with Gasteiger partial charge in [-0.3, -0.25) is 10.8 Å². The lowest BCUT2D eigenvalue weighted by Crippen LogP contribution is -2.10. The van der Waals surface area contributed by atoms with Crippen LogP contribution in [0.2, 0.25) is 0 Å². The van der Waals surface area contributed by atoms with Crippen LogP contribution >= 0.6 is 0 Å². The Kier molecular flexibility index (Phi) is 4.85. The van der Waals surface area contributed by atoms with Gasteiger partial charge in [0.25, 0.3) is 0 Å². The predicted molar refractivity (Wildman–Crippen MR) is 102 cm³/mol. The lowest BCUT2D eigenvalue weighted by molar-refractivity contribution is 0.460. The average Bonchev–Trinajstić information content (AvgIpc) is 2.62. The Morgan fingerprint density at radius 2 is 0.923 bits per heavy atom. The summed E-state index contributed by atoms with van der Waals surface area (Å²) in [5.41, 5.74) is 12.2. The molecule has 0 aliphatic rings. The third-order valence-electron chi connectivity index (χ3n) is 3.57. The second-order valence-electron chi connectivity index (χ2n) is 5.56. The number of nitrogen functional groups attached to an aromatic ring is 2. The molecule has 0 atom stereocenters. The first-order valence-electron chi connectivity index (χ1n) is 7.86. The molecule has 3 rings (SSSR count). The third-order valence-corrected chi connectivity index (χ3v) is 3.57. The van der Waals surface area contributed by atoms with Crippen LogP contribution in [0, 0.1) is 10.8 Å². The number of hydrogen-bond donors (Lipinski definition) is 4. The van der Waals surface area contributed by atoms with Crippen molar-refractivity contribution in [3.63, 3.8) is 0 Å². The van der Waals surface area contributed by atoms with Crippen molar-refractivity contribution in [2.75, 3.05) is 0 Å². The fourth-order valence-electron chi connectivity index (χ4n) is 2.33. The first-order valence-corrected chi connectivity index (χ1v) is 7.86. The molecule has 0 aliphatic carbocycles. The Bertz CT molecular complexity index is 895. The first-order chi connectivity index (χ1) is 12.5. The number of nitrogens with two attached hydrogens (primary N) is 2. The summed E-state index contributed by atoms with van der Waals surface area (Å²) in [6, 6.07) is 21.2. The maximum atomic E-state index is 7.50. The summed E-state index contributed by atoms with van der Waals surface area (Å²) in [6.07, 6.45) is 0. The minimum atomic E-state index is -0.0158. The normalized spacial score (nSPS) is 10.2. The first kappa shape index (κ1) is 17.0. The van der Waals surface area contributed by atoms with E-state index in [1.54, 1.807) is 66.7 Å². The van der Waals surface area contributed by atoms with Crippen molar-refractivity contribution >= 4 is 11.7 Å². The molecular weight excluding hydrogens is 328 g/mol. The van der Waals surface area contributed by atoms with Gasteiger partial charge >= 0.3 is 0 Å². The summed E-state index contributed by atoms with van der Waals surface area (Å²) in [5.74, 6) is 2.30. The molecule has 0 saturated heterocycles. The summed E-state index contributed by atoms with van der Waals surface area (Å²) >= 11 is 0. The van der Waals surface area contributed by atoms with Gasteiger partial charge in [-0.25, -0.2) is 0 Å². The van der Waals surface area contributed by atoms with Crippen molar-refractivity contribution in [1.82, 2.24) is 0 Å². The summed E-state index contributed by atoms with van der Waals surface area (Å²) in [5, 5.41) is 15.0. The van der Waals surface area contributed by atoms with E-state index < -0.39 is 0 Å². The van der Waals surface area contributed by atoms with E-state index in [0.717, 1.165) is 0 Å². The van der Waals surface area contributed by atoms with Crippen molar-refractivity contribution in [2.24, 2.45) is 11.5 Å². The van der Waals surface area contributed by atoms with Gasteiger partial charge in [-0.1, -0.05) is 30.3 Å². The third kappa shape index (κ3) is 4.18. The van der Waals surface area contributed by atoms with Crippen molar-refractivity contribution in [3.05, 3.63) is 83.9 Å². The lowest BCUT2D eigenvalue weighted by atomic mass is 10.2. The largest absolute Gasteiger partial charge is 0.457 e. The lowest BCUT2D eigenvalue weighted by Gasteiger charge is -2.10. The molecule has 130 valence electrons. The minimum Gasteiger partial charge on any atom is -0.457 e. The number of rotatable bonds is 6. The van der Waals surface area contributed by atoms with Crippen LogP contribution < -0.4 is 20.9 Å². The summed E-state index contributed by atoms with van der Waals surface area (Å²) in [6.45, 7) is 0. The molecule has 0 radical (unpaired) electrons. The molecule has 6 N–H and O–H groups in total. The molecule has 0 aromatic heterocycles. The van der Waals surface area contributed by atoms with Crippen LogP contribution in [0.3, 0.4) is 0 Å². The molecule has 3 aromatic carbocycles. The molecule has 6 heteroatoms. The highest BCUT2D eigenvalue weighted by molar-refractivity contribution is 5.95. The van der Waals surface area contributed by atoms with Crippen LogP contribution in [0.25, 0.3) is 0 Å². The van der Waals surface area contributed by atoms with Gasteiger partial charge < -0.3 is 20.9 Å². The highest BCUT2D eigenvalue weighted by Crippen LogP contribution is 2.29. The summed E-state index contributed by atoms with van der Waals surface area (Å²) in [4.78, 5) is 0. The van der Waals surface area contributed by atoms with E-state index in [4.69, 9.17) is 31.8 Å². The van der Waals surface area contributed by atoms with Crippen LogP contribution in [-0.2, 0) is 0 Å². The Morgan fingerprint density at radius 3 is 1.31 bits per heavy atom. The molecule has 0 amide bonds. The molecule has 3 aromatic rings. The molecule has 0 aliphatic heterocycles. The predicted octanol–water partition coefficient (Wildman–Crippen LogP) is 3.84. The standard InChI is InChI=1S/C20H18N4O2/c21-19(22)13-4-1-6-15(10-13)25-17-8-3-9-18(12-17)26-16-7-2-5-14(11-16)20(23)24/h1-12H,(H3,21,22)(H3,23,24). The average molecular weight is 346 g/mol. The van der Waals surface area contributed by atoms with Gasteiger partial charge in [0, 0.05) is 17.2 Å². The quantitative estimate of drug-likeness (QED) is 0.400. The fraction of sp³-hybridized carbons (Fsp3) is 0. The molecule has 0 bridgehead atoms. The van der Waals surface area contributed by atoms with Gasteiger partial charge in [0.2, 0.25) is 0 Å². The van der Waals surface area contributed by atoms with Crippen molar-refractivity contribution in [2.45, 2.75) is 0 Å². The van der Waals surface area contributed by atoms with Crippen molar-refractivity contribution < 1.29 is 9.47 Å². The van der Waals surface area contributed by atoms with Gasteiger partial charge in [-0.2, -0.15) is 0 Å². The zero-order valence-corrected chi connectivity index (χ0v) is 13.9. The topological polar surface area (TPSA) is 118 Å². The van der Waals surface area contributed by atoms with E-state index in [1.165, 1.54) is 0 Å². The van der Waals surface area contributed by atoms with E-state index in [0.29, 0.717) is 34.1 Å². The summed E-state index contributed by atoms with van der Waals surface area (Å²) < 4.78 is 11.6. The van der Waals surface area contributed by atoms with Gasteiger partial charge in [0.05, 0.1) is 0 Å². The maximum absolute atomic E-state index is 7.50. The Balaban J connectivity index is 1.78. The van der Waals surface area contributed by atoms with Crippen LogP contribution in [0.1, 0.15) is 11.1 Å². The monoisotopic (exact) mass is 346 g/mol. The zero-order chi connectivity index (χ0) is 18.5. The molecule has 0 spiro atoms. The number of benzene rings is 3. The minimum absolute atomic E-state index is 0.0158. The van der Waals surface area contributed by atoms with Crippen LogP contribution in [0.5, 0.6) is 23.0 Å². The fourth-order valence-corrected chi connectivity index (χ4v) is 2.33. The smallest absolute Gasteiger partial charge is 0.131 e. The number of amidine groups is 2. The van der Waals surface area contributed by atoms with Crippen LogP contribution in [0.4, 0.5) is 0 Å². The van der Waals surface area contributed by atoms with E-state index >= 15 is 0 Å². The number of hydrogen-bond acceptors (Lipinski definition) is 4. The molecule has 0 heterocycles. The Labute approximate surface area is 151 Å². The number of ether oxygens (including phenoxy) is 2. The molecule has 0 fully saturated rings. The van der Waals surface area contributed by atoms with Gasteiger partial charge in [0.1, 0.15) is 34.7 Å². The highest BCUT2D eigenvalue weighted by Gasteiger charge is 2.05. The maximum Gasteiger partial charge on any atom is 0.131 e. The zero-order valence-electron chi connectivity index (χ0n) is 13.9. The van der Waals surface area contributed by atoms with Crippen LogP contribution in [0.15, 0.2) is 72.8 Å². The second kappa shape index (κ2) is 7.40. The van der Waals surface area contributed by atoms with Gasteiger partial charge in [0.15, 0.2) is 0 Å². The molecule has 0 saturated carbocycles. The molecule has 0 unspecified atom stereocenters. The Morgan fingerprint density at radius 1 is 0.577 bits per heavy atom. The van der Waals surface area contributed by atoms with Gasteiger partial charge in [-0.15, -0.1) is 0 Å². The van der Waals surface area contributed by atoms with E-state index in [9.17, 15) is 0 Å². The van der Waals surface area contributed by atoms with E-state index in [1.807, 2.05) is 6.07 Å². The molecule has 6 nitrogen and oxygen atoms in total. The highest BCUT2D eigenvalue weighted by atomic mass is 16.5.